The molecule has 2 aromatic heterocycles. The number of nitrogens with one attached hydrogen (secondary N) is 1. The minimum Gasteiger partial charge on any atom is -0.399 e. The van der Waals surface area contributed by atoms with Crippen molar-refractivity contribution in [2.75, 3.05) is 5.73 Å². The maximum Gasteiger partial charge on any atom is 0.195 e. The van der Waals surface area contributed by atoms with E-state index >= 15 is 0 Å². The molecule has 4 nitrogen and oxygen atoms in total. The zero-order chi connectivity index (χ0) is 14.3. The molecule has 0 spiro atoms. The van der Waals surface area contributed by atoms with Crippen LogP contribution in [0.1, 0.15) is 21.5 Å². The number of anilines is 1. The Hall–Kier alpha value is -2.33. The number of rotatable bonds is 2. The largest absolute Gasteiger partial charge is 0.399 e. The number of hydrogen-bond acceptors (Lipinski definition) is 3. The number of hydrogen-bond donors (Lipinski definition) is 2. The molecule has 0 saturated carbocycles. The first-order chi connectivity index (χ1) is 9.58. The lowest BCUT2D eigenvalue weighted by atomic mass is 10.0. The number of nitrogens with zero attached hydrogens (tertiary/aromatic N) is 1. The summed E-state index contributed by atoms with van der Waals surface area (Å²) in [6, 6.07) is 6.90. The Labute approximate surface area is 120 Å². The van der Waals surface area contributed by atoms with Crippen molar-refractivity contribution in [2.24, 2.45) is 0 Å². The number of ketones is 1. The van der Waals surface area contributed by atoms with Crippen LogP contribution in [0.4, 0.5) is 5.69 Å². The standard InChI is InChI=1S/C15H12ClN3O/c1-8-6-9(2-3-12(8)17)14(20)10-7-19-15-13(10)11(16)4-5-18-15/h2-7H,17H2,1H3,(H,18,19). The van der Waals surface area contributed by atoms with Gasteiger partial charge in [-0.15, -0.1) is 0 Å². The molecular weight excluding hydrogens is 274 g/mol. The van der Waals surface area contributed by atoms with Gasteiger partial charge in [-0.25, -0.2) is 4.98 Å². The number of carbonyl (C=O) groups excluding carboxylic acids is 1. The molecule has 3 rings (SSSR count). The van der Waals surface area contributed by atoms with Crippen molar-refractivity contribution in [3.63, 3.8) is 0 Å². The van der Waals surface area contributed by atoms with E-state index in [1.54, 1.807) is 36.7 Å². The summed E-state index contributed by atoms with van der Waals surface area (Å²) in [6.07, 6.45) is 3.24. The summed E-state index contributed by atoms with van der Waals surface area (Å²) in [5.74, 6) is -0.103. The Kier molecular flexibility index (Phi) is 2.95. The van der Waals surface area contributed by atoms with Crippen LogP contribution in [0.2, 0.25) is 5.02 Å². The van der Waals surface area contributed by atoms with Crippen molar-refractivity contribution in [3.8, 4) is 0 Å². The number of fused-ring (bicyclic) bond motifs is 1. The molecule has 0 aliphatic rings. The first-order valence-electron chi connectivity index (χ1n) is 6.10. The average Bonchev–Trinajstić information content (AvgIpc) is 2.86. The summed E-state index contributed by atoms with van der Waals surface area (Å²) < 4.78 is 0. The van der Waals surface area contributed by atoms with Crippen LogP contribution < -0.4 is 5.73 Å². The van der Waals surface area contributed by atoms with Crippen LogP contribution in [0.25, 0.3) is 11.0 Å². The fourth-order valence-electron chi connectivity index (χ4n) is 2.17. The first kappa shape index (κ1) is 12.7. The number of nitrogens with two attached hydrogens (primary N) is 1. The number of aromatic amines is 1. The highest BCUT2D eigenvalue weighted by Gasteiger charge is 2.17. The van der Waals surface area contributed by atoms with Crippen LogP contribution in [0, 0.1) is 6.92 Å². The van der Waals surface area contributed by atoms with Crippen LogP contribution in [0.5, 0.6) is 0 Å². The maximum atomic E-state index is 12.6. The first-order valence-corrected chi connectivity index (χ1v) is 6.48. The van der Waals surface area contributed by atoms with Gasteiger partial charge in [0.2, 0.25) is 0 Å². The second-order valence-electron chi connectivity index (χ2n) is 4.62. The molecular formula is C15H12ClN3O. The number of nitrogen functional groups attached to an aromatic ring is 1. The van der Waals surface area contributed by atoms with Crippen molar-refractivity contribution < 1.29 is 4.79 Å². The number of H-pyrrole nitrogens is 1. The van der Waals surface area contributed by atoms with Crippen LogP contribution in [-0.4, -0.2) is 15.8 Å². The molecule has 3 aromatic rings. The molecule has 0 aliphatic heterocycles. The van der Waals surface area contributed by atoms with E-state index in [0.29, 0.717) is 32.9 Å². The fourth-order valence-corrected chi connectivity index (χ4v) is 2.42. The van der Waals surface area contributed by atoms with Crippen molar-refractivity contribution >= 4 is 34.1 Å². The number of halogens is 1. The topological polar surface area (TPSA) is 71.8 Å². The van der Waals surface area contributed by atoms with Gasteiger partial charge in [-0.1, -0.05) is 11.6 Å². The van der Waals surface area contributed by atoms with Crippen molar-refractivity contribution in [2.45, 2.75) is 6.92 Å². The molecule has 5 heteroatoms. The van der Waals surface area contributed by atoms with Gasteiger partial charge >= 0.3 is 0 Å². The average molecular weight is 286 g/mol. The van der Waals surface area contributed by atoms with E-state index in [-0.39, 0.29) is 5.78 Å². The van der Waals surface area contributed by atoms with E-state index in [2.05, 4.69) is 9.97 Å². The van der Waals surface area contributed by atoms with Crippen LogP contribution in [0.15, 0.2) is 36.7 Å². The van der Waals surface area contributed by atoms with Crippen molar-refractivity contribution in [1.29, 1.82) is 0 Å². The number of benzene rings is 1. The molecule has 3 N–H and O–H groups in total. The van der Waals surface area contributed by atoms with E-state index in [4.69, 9.17) is 17.3 Å². The van der Waals surface area contributed by atoms with E-state index in [1.807, 2.05) is 6.92 Å². The lowest BCUT2D eigenvalue weighted by molar-refractivity contribution is 0.104. The Morgan fingerprint density at radius 3 is 2.90 bits per heavy atom. The minimum absolute atomic E-state index is 0.103. The third-order valence-electron chi connectivity index (χ3n) is 3.30. The van der Waals surface area contributed by atoms with Crippen LogP contribution >= 0.6 is 11.6 Å². The van der Waals surface area contributed by atoms with Gasteiger partial charge in [0.1, 0.15) is 5.65 Å². The summed E-state index contributed by atoms with van der Waals surface area (Å²) in [5, 5.41) is 1.15. The highest BCUT2D eigenvalue weighted by Crippen LogP contribution is 2.27. The van der Waals surface area contributed by atoms with Gasteiger partial charge in [-0.05, 0) is 36.8 Å². The predicted molar refractivity (Wildman–Crippen MR) is 80.1 cm³/mol. The summed E-state index contributed by atoms with van der Waals surface area (Å²) in [7, 11) is 0. The number of carbonyl (C=O) groups is 1. The zero-order valence-corrected chi connectivity index (χ0v) is 11.5. The summed E-state index contributed by atoms with van der Waals surface area (Å²) in [5.41, 5.74) is 9.02. The van der Waals surface area contributed by atoms with E-state index in [9.17, 15) is 4.79 Å². The molecule has 0 amide bonds. The highest BCUT2D eigenvalue weighted by molar-refractivity contribution is 6.37. The maximum absolute atomic E-state index is 12.6. The van der Waals surface area contributed by atoms with Crippen LogP contribution in [0.3, 0.4) is 0 Å². The number of aromatic nitrogens is 2. The van der Waals surface area contributed by atoms with E-state index in [0.717, 1.165) is 5.56 Å². The summed E-state index contributed by atoms with van der Waals surface area (Å²) in [4.78, 5) is 19.7. The normalized spacial score (nSPS) is 10.9. The smallest absolute Gasteiger partial charge is 0.195 e. The molecule has 0 bridgehead atoms. The minimum atomic E-state index is -0.103. The fraction of sp³-hybridized carbons (Fsp3) is 0.0667. The molecule has 0 fully saturated rings. The molecule has 0 radical (unpaired) electrons. The lowest BCUT2D eigenvalue weighted by Gasteiger charge is -2.04. The third kappa shape index (κ3) is 1.94. The molecule has 1 aromatic carbocycles. The number of aryl methyl sites for hydroxylation is 1. The Bertz CT molecular complexity index is 823. The second-order valence-corrected chi connectivity index (χ2v) is 5.03. The monoisotopic (exact) mass is 285 g/mol. The predicted octanol–water partition coefficient (Wildman–Crippen LogP) is 3.34. The quantitative estimate of drug-likeness (QED) is 0.560. The third-order valence-corrected chi connectivity index (χ3v) is 3.61. The van der Waals surface area contributed by atoms with Gasteiger partial charge in [0, 0.05) is 29.0 Å². The highest BCUT2D eigenvalue weighted by atomic mass is 35.5. The summed E-state index contributed by atoms with van der Waals surface area (Å²) >= 11 is 6.16. The molecule has 0 unspecified atom stereocenters. The van der Waals surface area contributed by atoms with Crippen molar-refractivity contribution in [1.82, 2.24) is 9.97 Å². The Morgan fingerprint density at radius 2 is 2.15 bits per heavy atom. The molecule has 100 valence electrons. The zero-order valence-electron chi connectivity index (χ0n) is 10.8. The molecule has 20 heavy (non-hydrogen) atoms. The lowest BCUT2D eigenvalue weighted by Crippen LogP contribution is -2.02. The van der Waals surface area contributed by atoms with Gasteiger partial charge in [-0.2, -0.15) is 0 Å². The summed E-state index contributed by atoms with van der Waals surface area (Å²) in [6.45, 7) is 1.87. The number of pyridine rings is 1. The molecule has 0 saturated heterocycles. The van der Waals surface area contributed by atoms with E-state index in [1.165, 1.54) is 0 Å². The molecule has 0 atom stereocenters. The van der Waals surface area contributed by atoms with Crippen LogP contribution in [-0.2, 0) is 0 Å². The Balaban J connectivity index is 2.15. The van der Waals surface area contributed by atoms with Gasteiger partial charge in [0.15, 0.2) is 5.78 Å². The SMILES string of the molecule is Cc1cc(C(=O)c2c[nH]c3nccc(Cl)c23)ccc1N. The van der Waals surface area contributed by atoms with Crippen molar-refractivity contribution in [3.05, 3.63) is 58.4 Å². The van der Waals surface area contributed by atoms with Gasteiger partial charge in [0.25, 0.3) is 0 Å². The van der Waals surface area contributed by atoms with E-state index < -0.39 is 0 Å². The molecule has 0 aliphatic carbocycles. The van der Waals surface area contributed by atoms with Gasteiger partial charge in [-0.3, -0.25) is 4.79 Å². The Morgan fingerprint density at radius 1 is 1.35 bits per heavy atom. The molecule has 2 heterocycles. The van der Waals surface area contributed by atoms with Gasteiger partial charge in [0.05, 0.1) is 10.6 Å². The van der Waals surface area contributed by atoms with Gasteiger partial charge < -0.3 is 10.7 Å². The second kappa shape index (κ2) is 4.65.